The van der Waals surface area contributed by atoms with Crippen LogP contribution >= 0.6 is 11.3 Å². The van der Waals surface area contributed by atoms with Crippen molar-refractivity contribution in [2.24, 2.45) is 0 Å². The van der Waals surface area contributed by atoms with Crippen LogP contribution in [0.3, 0.4) is 0 Å². The van der Waals surface area contributed by atoms with Gasteiger partial charge in [0, 0.05) is 7.05 Å². The highest BCUT2D eigenvalue weighted by Crippen LogP contribution is 2.27. The van der Waals surface area contributed by atoms with Gasteiger partial charge in [0.25, 0.3) is 11.8 Å². The first-order valence-corrected chi connectivity index (χ1v) is 10.4. The Kier molecular flexibility index (Phi) is 5.95. The Balaban J connectivity index is 1.73. The molecule has 0 aliphatic heterocycles. The molecule has 10 heteroatoms. The maximum absolute atomic E-state index is 13.8. The summed E-state index contributed by atoms with van der Waals surface area (Å²) in [6.07, 6.45) is 0. The van der Waals surface area contributed by atoms with Gasteiger partial charge in [0.05, 0.1) is 28.9 Å². The number of aromatic nitrogens is 3. The first-order valence-electron chi connectivity index (χ1n) is 9.48. The molecule has 0 aliphatic rings. The molecule has 2 amide bonds. The first-order chi connectivity index (χ1) is 15.5. The zero-order chi connectivity index (χ0) is 22.7. The largest absolute Gasteiger partial charge is 0.497 e. The van der Waals surface area contributed by atoms with E-state index in [-0.39, 0.29) is 17.1 Å². The number of nitrogens with zero attached hydrogens (tertiary/aromatic N) is 3. The molecule has 2 heterocycles. The third kappa shape index (κ3) is 4.21. The van der Waals surface area contributed by atoms with Crippen LogP contribution in [0.4, 0.5) is 10.1 Å². The molecule has 0 spiro atoms. The van der Waals surface area contributed by atoms with E-state index in [4.69, 9.17) is 4.74 Å². The summed E-state index contributed by atoms with van der Waals surface area (Å²) >= 11 is 1.42. The fraction of sp³-hybridized carbons (Fsp3) is 0.0909. The summed E-state index contributed by atoms with van der Waals surface area (Å²) < 4.78 is 20.4. The number of carbonyl (C=O) groups is 2. The Morgan fingerprint density at radius 1 is 1.09 bits per heavy atom. The van der Waals surface area contributed by atoms with Crippen LogP contribution in [0.15, 0.2) is 60.0 Å². The van der Waals surface area contributed by atoms with Crippen molar-refractivity contribution in [1.82, 2.24) is 20.1 Å². The Morgan fingerprint density at radius 3 is 2.62 bits per heavy atom. The van der Waals surface area contributed by atoms with Crippen LogP contribution in [0.25, 0.3) is 16.4 Å². The highest BCUT2D eigenvalue weighted by atomic mass is 32.1. The van der Waals surface area contributed by atoms with Gasteiger partial charge in [-0.1, -0.05) is 12.1 Å². The lowest BCUT2D eigenvalue weighted by Crippen LogP contribution is -2.22. The molecule has 0 fully saturated rings. The van der Waals surface area contributed by atoms with Crippen molar-refractivity contribution in [3.63, 3.8) is 0 Å². The van der Waals surface area contributed by atoms with Crippen LogP contribution in [-0.4, -0.2) is 40.7 Å². The Morgan fingerprint density at radius 2 is 1.94 bits per heavy atom. The van der Waals surface area contributed by atoms with Crippen molar-refractivity contribution in [1.29, 1.82) is 0 Å². The minimum absolute atomic E-state index is 0.128. The number of halogens is 1. The highest BCUT2D eigenvalue weighted by Gasteiger charge is 2.21. The van der Waals surface area contributed by atoms with Crippen molar-refractivity contribution in [3.8, 4) is 22.1 Å². The molecular weight excluding hydrogens is 433 g/mol. The summed E-state index contributed by atoms with van der Waals surface area (Å²) in [5.41, 5.74) is 0.925. The molecule has 8 nitrogen and oxygen atoms in total. The third-order valence-electron chi connectivity index (χ3n) is 4.55. The molecule has 4 aromatic rings. The molecule has 0 saturated heterocycles. The summed E-state index contributed by atoms with van der Waals surface area (Å²) in [6.45, 7) is 0. The van der Waals surface area contributed by atoms with Gasteiger partial charge < -0.3 is 15.4 Å². The maximum atomic E-state index is 13.8. The number of hydrogen-bond acceptors (Lipinski definition) is 6. The number of nitrogens with one attached hydrogen (secondary N) is 2. The van der Waals surface area contributed by atoms with Crippen LogP contribution in [0.2, 0.25) is 0 Å². The number of carbonyl (C=O) groups excluding carboxylic acids is 2. The lowest BCUT2D eigenvalue weighted by atomic mass is 10.1. The van der Waals surface area contributed by atoms with Gasteiger partial charge in [-0.3, -0.25) is 9.59 Å². The van der Waals surface area contributed by atoms with Gasteiger partial charge in [0.2, 0.25) is 5.82 Å². The van der Waals surface area contributed by atoms with Crippen LogP contribution < -0.4 is 15.4 Å². The number of rotatable bonds is 6. The Hall–Kier alpha value is -4.05. The standard InChI is InChI=1S/C22H18FN5O3S/c1-24-21(29)16-12-15(31-2)8-9-17(16)25-22(30)19-26-20(18-7-4-10-32-18)28(27-19)14-6-3-5-13(23)11-14/h3-12H,1-2H3,(H,24,29)(H,25,30). The summed E-state index contributed by atoms with van der Waals surface area (Å²) in [4.78, 5) is 30.4. The summed E-state index contributed by atoms with van der Waals surface area (Å²) in [6, 6.07) is 14.2. The molecule has 2 N–H and O–H groups in total. The molecular formula is C22H18FN5O3S. The van der Waals surface area contributed by atoms with Crippen LogP contribution in [-0.2, 0) is 0 Å². The van der Waals surface area contributed by atoms with E-state index in [1.54, 1.807) is 24.3 Å². The van der Waals surface area contributed by atoms with Gasteiger partial charge in [-0.2, -0.15) is 0 Å². The minimum Gasteiger partial charge on any atom is -0.497 e. The number of hydrogen-bond donors (Lipinski definition) is 2. The molecule has 4 rings (SSSR count). The smallest absolute Gasteiger partial charge is 0.295 e. The van der Waals surface area contributed by atoms with Gasteiger partial charge >= 0.3 is 0 Å². The number of amides is 2. The van der Waals surface area contributed by atoms with Gasteiger partial charge in [-0.25, -0.2) is 14.1 Å². The van der Waals surface area contributed by atoms with E-state index < -0.39 is 17.6 Å². The normalized spacial score (nSPS) is 10.6. The van der Waals surface area contributed by atoms with E-state index in [9.17, 15) is 14.0 Å². The molecule has 32 heavy (non-hydrogen) atoms. The van der Waals surface area contributed by atoms with E-state index >= 15 is 0 Å². The van der Waals surface area contributed by atoms with Gasteiger partial charge in [0.1, 0.15) is 11.6 Å². The minimum atomic E-state index is -0.617. The average Bonchev–Trinajstić information content (AvgIpc) is 3.49. The zero-order valence-corrected chi connectivity index (χ0v) is 17.9. The van der Waals surface area contributed by atoms with Gasteiger partial charge in [-0.15, -0.1) is 16.4 Å². The fourth-order valence-corrected chi connectivity index (χ4v) is 3.72. The number of benzene rings is 2. The predicted molar refractivity (Wildman–Crippen MR) is 119 cm³/mol. The van der Waals surface area contributed by atoms with Crippen LogP contribution in [0, 0.1) is 5.82 Å². The lowest BCUT2D eigenvalue weighted by molar-refractivity contribution is 0.0963. The van der Waals surface area contributed by atoms with Crippen molar-refractivity contribution in [3.05, 3.63) is 77.2 Å². The lowest BCUT2D eigenvalue weighted by Gasteiger charge is -2.10. The van der Waals surface area contributed by atoms with E-state index in [1.165, 1.54) is 48.4 Å². The average molecular weight is 451 g/mol. The van der Waals surface area contributed by atoms with Crippen molar-refractivity contribution in [2.75, 3.05) is 19.5 Å². The Labute approximate surface area is 186 Å². The van der Waals surface area contributed by atoms with E-state index in [0.717, 1.165) is 4.88 Å². The SMILES string of the molecule is CNC(=O)c1cc(OC)ccc1NC(=O)c1nc(-c2cccs2)n(-c2cccc(F)c2)n1. The van der Waals surface area contributed by atoms with Crippen molar-refractivity contribution < 1.29 is 18.7 Å². The summed E-state index contributed by atoms with van der Waals surface area (Å²) in [5, 5.41) is 11.4. The van der Waals surface area contributed by atoms with Crippen molar-refractivity contribution >= 4 is 28.8 Å². The zero-order valence-electron chi connectivity index (χ0n) is 17.1. The molecule has 0 saturated carbocycles. The second-order valence-electron chi connectivity index (χ2n) is 6.57. The van der Waals surface area contributed by atoms with Crippen LogP contribution in [0.1, 0.15) is 21.0 Å². The maximum Gasteiger partial charge on any atom is 0.295 e. The number of anilines is 1. The van der Waals surface area contributed by atoms with E-state index in [0.29, 0.717) is 17.3 Å². The quantitative estimate of drug-likeness (QED) is 0.465. The molecule has 0 atom stereocenters. The molecule has 2 aromatic heterocycles. The second-order valence-corrected chi connectivity index (χ2v) is 7.52. The Bertz CT molecular complexity index is 1290. The monoisotopic (exact) mass is 451 g/mol. The summed E-state index contributed by atoms with van der Waals surface area (Å²) in [7, 11) is 2.97. The number of thiophene rings is 1. The third-order valence-corrected chi connectivity index (χ3v) is 5.42. The number of ether oxygens (including phenoxy) is 1. The molecule has 0 aliphatic carbocycles. The molecule has 2 aromatic carbocycles. The molecule has 0 bridgehead atoms. The van der Waals surface area contributed by atoms with Gasteiger partial charge in [-0.05, 0) is 47.8 Å². The molecule has 162 valence electrons. The molecule has 0 unspecified atom stereocenters. The first kappa shape index (κ1) is 21.2. The highest BCUT2D eigenvalue weighted by molar-refractivity contribution is 7.13. The summed E-state index contributed by atoms with van der Waals surface area (Å²) in [5.74, 6) is -0.706. The predicted octanol–water partition coefficient (Wildman–Crippen LogP) is 3.76. The fourth-order valence-electron chi connectivity index (χ4n) is 3.02. The molecule has 0 radical (unpaired) electrons. The number of methoxy groups -OCH3 is 1. The van der Waals surface area contributed by atoms with Crippen molar-refractivity contribution in [2.45, 2.75) is 0 Å². The second kappa shape index (κ2) is 8.98. The topological polar surface area (TPSA) is 98.1 Å². The van der Waals surface area contributed by atoms with E-state index in [1.807, 2.05) is 17.5 Å². The van der Waals surface area contributed by atoms with E-state index in [2.05, 4.69) is 20.7 Å². The van der Waals surface area contributed by atoms with Gasteiger partial charge in [0.15, 0.2) is 5.82 Å². The van der Waals surface area contributed by atoms with Crippen LogP contribution in [0.5, 0.6) is 5.75 Å².